The molecule has 0 aromatic carbocycles. The molecule has 1 amide bonds. The summed E-state index contributed by atoms with van der Waals surface area (Å²) >= 11 is 0. The van der Waals surface area contributed by atoms with Crippen LogP contribution in [0.4, 0.5) is 0 Å². The lowest BCUT2D eigenvalue weighted by molar-refractivity contribution is -0.138. The third kappa shape index (κ3) is 5.11. The first-order valence-electron chi connectivity index (χ1n) is 6.42. The lowest BCUT2D eigenvalue weighted by Gasteiger charge is -2.09. The number of aromatic nitrogens is 2. The summed E-state index contributed by atoms with van der Waals surface area (Å²) in [5.41, 5.74) is 1.98. The van der Waals surface area contributed by atoms with Crippen molar-refractivity contribution in [1.82, 2.24) is 15.1 Å². The standard InChI is InChI=1S/C13H21N3O3/c1-4-11-10(8-16(3)15-11)7-14-12(17)5-9(2)6-13(18)19/h8-9H,4-7H2,1-3H3,(H,14,17)(H,18,19). The number of carboxylic acids is 1. The summed E-state index contributed by atoms with van der Waals surface area (Å²) < 4.78 is 1.73. The van der Waals surface area contributed by atoms with E-state index in [9.17, 15) is 9.59 Å². The lowest BCUT2D eigenvalue weighted by Crippen LogP contribution is -2.25. The Morgan fingerprint density at radius 1 is 1.47 bits per heavy atom. The first kappa shape index (κ1) is 15.2. The zero-order chi connectivity index (χ0) is 14.4. The van der Waals surface area contributed by atoms with Crippen LogP contribution >= 0.6 is 0 Å². The summed E-state index contributed by atoms with van der Waals surface area (Å²) in [7, 11) is 1.85. The molecule has 19 heavy (non-hydrogen) atoms. The molecule has 0 aliphatic rings. The van der Waals surface area contributed by atoms with Crippen LogP contribution in [0.3, 0.4) is 0 Å². The smallest absolute Gasteiger partial charge is 0.303 e. The Bertz CT molecular complexity index is 454. The zero-order valence-corrected chi connectivity index (χ0v) is 11.6. The van der Waals surface area contributed by atoms with Gasteiger partial charge in [-0.2, -0.15) is 5.10 Å². The zero-order valence-electron chi connectivity index (χ0n) is 11.6. The van der Waals surface area contributed by atoms with E-state index in [1.54, 1.807) is 11.6 Å². The van der Waals surface area contributed by atoms with E-state index in [1.165, 1.54) is 0 Å². The van der Waals surface area contributed by atoms with Gasteiger partial charge < -0.3 is 10.4 Å². The van der Waals surface area contributed by atoms with Gasteiger partial charge in [0.05, 0.1) is 5.69 Å². The Balaban J connectivity index is 2.43. The Hall–Kier alpha value is -1.85. The minimum Gasteiger partial charge on any atom is -0.481 e. The van der Waals surface area contributed by atoms with Crippen LogP contribution in [0.2, 0.25) is 0 Å². The molecule has 0 radical (unpaired) electrons. The first-order valence-corrected chi connectivity index (χ1v) is 6.42. The fourth-order valence-electron chi connectivity index (χ4n) is 1.98. The van der Waals surface area contributed by atoms with E-state index >= 15 is 0 Å². The van der Waals surface area contributed by atoms with Gasteiger partial charge in [-0.25, -0.2) is 0 Å². The van der Waals surface area contributed by atoms with Gasteiger partial charge in [-0.3, -0.25) is 14.3 Å². The Kier molecular flexibility index (Phi) is 5.54. The van der Waals surface area contributed by atoms with Crippen molar-refractivity contribution in [1.29, 1.82) is 0 Å². The highest BCUT2D eigenvalue weighted by atomic mass is 16.4. The van der Waals surface area contributed by atoms with Gasteiger partial charge >= 0.3 is 5.97 Å². The maximum absolute atomic E-state index is 11.7. The van der Waals surface area contributed by atoms with E-state index in [0.29, 0.717) is 6.54 Å². The van der Waals surface area contributed by atoms with E-state index in [0.717, 1.165) is 17.7 Å². The van der Waals surface area contributed by atoms with Crippen LogP contribution in [0.1, 0.15) is 37.9 Å². The average Bonchev–Trinajstić information content (AvgIpc) is 2.65. The summed E-state index contributed by atoms with van der Waals surface area (Å²) in [6, 6.07) is 0. The predicted molar refractivity (Wildman–Crippen MR) is 70.5 cm³/mol. The lowest BCUT2D eigenvalue weighted by atomic mass is 10.0. The number of nitrogens with zero attached hydrogens (tertiary/aromatic N) is 2. The minimum atomic E-state index is -0.874. The van der Waals surface area contributed by atoms with E-state index in [1.807, 2.05) is 20.2 Å². The molecule has 1 aromatic rings. The molecule has 1 atom stereocenters. The van der Waals surface area contributed by atoms with Crippen LogP contribution in [-0.4, -0.2) is 26.8 Å². The average molecular weight is 267 g/mol. The summed E-state index contributed by atoms with van der Waals surface area (Å²) in [6.45, 7) is 4.22. The van der Waals surface area contributed by atoms with Gasteiger partial charge in [-0.1, -0.05) is 13.8 Å². The number of hydrogen-bond donors (Lipinski definition) is 2. The summed E-state index contributed by atoms with van der Waals surface area (Å²) in [5, 5.41) is 15.7. The van der Waals surface area contributed by atoms with Gasteiger partial charge in [-0.05, 0) is 12.3 Å². The predicted octanol–water partition coefficient (Wildman–Crippen LogP) is 1.10. The van der Waals surface area contributed by atoms with Gasteiger partial charge in [0.1, 0.15) is 0 Å². The quantitative estimate of drug-likeness (QED) is 0.774. The van der Waals surface area contributed by atoms with E-state index in [2.05, 4.69) is 10.4 Å². The van der Waals surface area contributed by atoms with Crippen molar-refractivity contribution in [3.05, 3.63) is 17.5 Å². The van der Waals surface area contributed by atoms with Crippen molar-refractivity contribution < 1.29 is 14.7 Å². The highest BCUT2D eigenvalue weighted by molar-refractivity contribution is 5.77. The van der Waals surface area contributed by atoms with Gasteiger partial charge in [-0.15, -0.1) is 0 Å². The number of aliphatic carboxylic acids is 1. The SMILES string of the molecule is CCc1nn(C)cc1CNC(=O)CC(C)CC(=O)O. The van der Waals surface area contributed by atoms with Crippen LogP contribution in [0.15, 0.2) is 6.20 Å². The fourth-order valence-corrected chi connectivity index (χ4v) is 1.98. The molecule has 2 N–H and O–H groups in total. The molecule has 0 spiro atoms. The Morgan fingerprint density at radius 3 is 2.74 bits per heavy atom. The number of nitrogens with one attached hydrogen (secondary N) is 1. The number of carbonyl (C=O) groups excluding carboxylic acids is 1. The van der Waals surface area contributed by atoms with Crippen molar-refractivity contribution in [2.75, 3.05) is 0 Å². The second kappa shape index (κ2) is 6.92. The molecule has 0 aliphatic heterocycles. The molecule has 0 bridgehead atoms. The van der Waals surface area contributed by atoms with E-state index < -0.39 is 5.97 Å². The molecule has 106 valence electrons. The summed E-state index contributed by atoms with van der Waals surface area (Å²) in [5.74, 6) is -1.16. The van der Waals surface area contributed by atoms with Crippen molar-refractivity contribution in [3.63, 3.8) is 0 Å². The second-order valence-electron chi connectivity index (χ2n) is 4.81. The molecule has 0 aliphatic carbocycles. The van der Waals surface area contributed by atoms with Gasteiger partial charge in [0.15, 0.2) is 0 Å². The summed E-state index contributed by atoms with van der Waals surface area (Å²) in [4.78, 5) is 22.2. The molecule has 6 nitrogen and oxygen atoms in total. The largest absolute Gasteiger partial charge is 0.481 e. The highest BCUT2D eigenvalue weighted by Gasteiger charge is 2.13. The third-order valence-corrected chi connectivity index (χ3v) is 2.86. The molecule has 1 heterocycles. The number of carboxylic acid groups (broad SMARTS) is 1. The van der Waals surface area contributed by atoms with E-state index in [-0.39, 0.29) is 24.7 Å². The van der Waals surface area contributed by atoms with Crippen LogP contribution in [0.25, 0.3) is 0 Å². The van der Waals surface area contributed by atoms with Crippen molar-refractivity contribution in [3.8, 4) is 0 Å². The van der Waals surface area contributed by atoms with Crippen molar-refractivity contribution >= 4 is 11.9 Å². The molecular weight excluding hydrogens is 246 g/mol. The normalized spacial score (nSPS) is 12.2. The molecule has 0 saturated heterocycles. The number of hydrogen-bond acceptors (Lipinski definition) is 3. The first-order chi connectivity index (χ1) is 8.92. The molecule has 1 aromatic heterocycles. The Morgan fingerprint density at radius 2 is 2.16 bits per heavy atom. The van der Waals surface area contributed by atoms with Gasteiger partial charge in [0, 0.05) is 38.2 Å². The second-order valence-corrected chi connectivity index (χ2v) is 4.81. The van der Waals surface area contributed by atoms with Crippen LogP contribution < -0.4 is 5.32 Å². The van der Waals surface area contributed by atoms with Gasteiger partial charge in [0.25, 0.3) is 0 Å². The van der Waals surface area contributed by atoms with Crippen LogP contribution in [0, 0.1) is 5.92 Å². The summed E-state index contributed by atoms with van der Waals surface area (Å²) in [6.07, 6.45) is 2.95. The Labute approximate surface area is 112 Å². The van der Waals surface area contributed by atoms with Crippen molar-refractivity contribution in [2.45, 2.75) is 39.7 Å². The molecule has 1 unspecified atom stereocenters. The molecule has 0 fully saturated rings. The maximum atomic E-state index is 11.7. The topological polar surface area (TPSA) is 84.2 Å². The monoisotopic (exact) mass is 267 g/mol. The molecule has 0 saturated carbocycles. The van der Waals surface area contributed by atoms with E-state index in [4.69, 9.17) is 5.11 Å². The number of carbonyl (C=O) groups is 2. The van der Waals surface area contributed by atoms with Crippen molar-refractivity contribution in [2.24, 2.45) is 13.0 Å². The van der Waals surface area contributed by atoms with Gasteiger partial charge in [0.2, 0.25) is 5.91 Å². The van der Waals surface area contributed by atoms with Crippen LogP contribution in [-0.2, 0) is 29.6 Å². The third-order valence-electron chi connectivity index (χ3n) is 2.86. The maximum Gasteiger partial charge on any atom is 0.303 e. The number of amides is 1. The fraction of sp³-hybridized carbons (Fsp3) is 0.615. The number of rotatable bonds is 7. The van der Waals surface area contributed by atoms with Crippen LogP contribution in [0.5, 0.6) is 0 Å². The number of aryl methyl sites for hydroxylation is 2. The molecule has 1 rings (SSSR count). The highest BCUT2D eigenvalue weighted by Crippen LogP contribution is 2.09. The minimum absolute atomic E-state index is 0.0144. The molecule has 6 heteroatoms. The molecular formula is C13H21N3O3.